The van der Waals surface area contributed by atoms with Crippen LogP contribution in [0.2, 0.25) is 0 Å². The minimum atomic E-state index is -0.203. The van der Waals surface area contributed by atoms with Crippen molar-refractivity contribution in [2.24, 2.45) is 5.41 Å². The van der Waals surface area contributed by atoms with Crippen molar-refractivity contribution in [1.82, 2.24) is 4.90 Å². The maximum absolute atomic E-state index is 11.4. The van der Waals surface area contributed by atoms with Crippen molar-refractivity contribution < 1.29 is 9.53 Å². The number of hydrogen-bond donors (Lipinski definition) is 0. The van der Waals surface area contributed by atoms with Crippen LogP contribution in [0.1, 0.15) is 47.0 Å². The third-order valence-corrected chi connectivity index (χ3v) is 2.17. The fourth-order valence-corrected chi connectivity index (χ4v) is 1.30. The van der Waals surface area contributed by atoms with Gasteiger partial charge in [0.05, 0.1) is 6.61 Å². The topological polar surface area (TPSA) is 29.5 Å². The molecule has 90 valence electrons. The van der Waals surface area contributed by atoms with E-state index in [9.17, 15) is 4.79 Å². The third kappa shape index (κ3) is 8.28. The summed E-state index contributed by atoms with van der Waals surface area (Å²) in [5.41, 5.74) is 0.321. The number of amides is 1. The lowest BCUT2D eigenvalue weighted by Crippen LogP contribution is -2.28. The maximum Gasteiger partial charge on any atom is 0.409 e. The van der Waals surface area contributed by atoms with Crippen molar-refractivity contribution in [1.29, 1.82) is 0 Å². The SMILES string of the molecule is CCCN(C)C(=O)OCCCC(C)(C)C. The van der Waals surface area contributed by atoms with Crippen LogP contribution >= 0.6 is 0 Å². The summed E-state index contributed by atoms with van der Waals surface area (Å²) in [6.07, 6.45) is 2.78. The van der Waals surface area contributed by atoms with Crippen molar-refractivity contribution in [3.8, 4) is 0 Å². The smallest absolute Gasteiger partial charge is 0.409 e. The van der Waals surface area contributed by atoms with Crippen molar-refractivity contribution in [2.75, 3.05) is 20.2 Å². The summed E-state index contributed by atoms with van der Waals surface area (Å²) < 4.78 is 5.14. The molecule has 0 aliphatic heterocycles. The average Bonchev–Trinajstić information content (AvgIpc) is 2.11. The normalized spacial score (nSPS) is 11.3. The van der Waals surface area contributed by atoms with Crippen LogP contribution in [0.4, 0.5) is 4.79 Å². The van der Waals surface area contributed by atoms with Gasteiger partial charge in [0.25, 0.3) is 0 Å². The highest BCUT2D eigenvalue weighted by Crippen LogP contribution is 2.20. The first-order chi connectivity index (χ1) is 6.87. The van der Waals surface area contributed by atoms with E-state index >= 15 is 0 Å². The minimum absolute atomic E-state index is 0.203. The van der Waals surface area contributed by atoms with Gasteiger partial charge in [-0.05, 0) is 24.7 Å². The number of ether oxygens (including phenoxy) is 1. The van der Waals surface area contributed by atoms with Gasteiger partial charge in [-0.2, -0.15) is 0 Å². The van der Waals surface area contributed by atoms with Crippen LogP contribution in [0.3, 0.4) is 0 Å². The molecule has 0 bridgehead atoms. The molecule has 0 rings (SSSR count). The molecule has 0 heterocycles. The van der Waals surface area contributed by atoms with Crippen LogP contribution in [-0.2, 0) is 4.74 Å². The van der Waals surface area contributed by atoms with E-state index in [4.69, 9.17) is 4.74 Å². The van der Waals surface area contributed by atoms with E-state index in [2.05, 4.69) is 20.8 Å². The first-order valence-corrected chi connectivity index (χ1v) is 5.74. The molecule has 0 saturated heterocycles. The molecule has 0 aromatic carbocycles. The fourth-order valence-electron chi connectivity index (χ4n) is 1.30. The Morgan fingerprint density at radius 1 is 1.33 bits per heavy atom. The molecule has 0 aliphatic carbocycles. The molecule has 0 aromatic rings. The van der Waals surface area contributed by atoms with Crippen LogP contribution in [-0.4, -0.2) is 31.2 Å². The highest BCUT2D eigenvalue weighted by Gasteiger charge is 2.11. The second kappa shape index (κ2) is 6.70. The molecule has 0 aliphatic rings. The van der Waals surface area contributed by atoms with Crippen LogP contribution in [0, 0.1) is 5.41 Å². The fraction of sp³-hybridized carbons (Fsp3) is 0.917. The Hall–Kier alpha value is -0.730. The minimum Gasteiger partial charge on any atom is -0.449 e. The second-order valence-electron chi connectivity index (χ2n) is 5.20. The molecule has 0 spiro atoms. The lowest BCUT2D eigenvalue weighted by atomic mass is 9.91. The molecule has 15 heavy (non-hydrogen) atoms. The van der Waals surface area contributed by atoms with Gasteiger partial charge < -0.3 is 9.64 Å². The predicted molar refractivity (Wildman–Crippen MR) is 63.0 cm³/mol. The molecule has 3 nitrogen and oxygen atoms in total. The number of carbonyl (C=O) groups is 1. The largest absolute Gasteiger partial charge is 0.449 e. The molecule has 3 heteroatoms. The van der Waals surface area contributed by atoms with Gasteiger partial charge in [0.1, 0.15) is 0 Å². The monoisotopic (exact) mass is 215 g/mol. The van der Waals surface area contributed by atoms with E-state index in [0.29, 0.717) is 12.0 Å². The van der Waals surface area contributed by atoms with Gasteiger partial charge in [0.15, 0.2) is 0 Å². The summed E-state index contributed by atoms with van der Waals surface area (Å²) in [5, 5.41) is 0. The third-order valence-electron chi connectivity index (χ3n) is 2.17. The first-order valence-electron chi connectivity index (χ1n) is 5.74. The van der Waals surface area contributed by atoms with Gasteiger partial charge in [-0.3, -0.25) is 0 Å². The average molecular weight is 215 g/mol. The Labute approximate surface area is 93.8 Å². The number of carbonyl (C=O) groups excluding carboxylic acids is 1. The summed E-state index contributed by atoms with van der Waals surface area (Å²) in [5.74, 6) is 0. The highest BCUT2D eigenvalue weighted by molar-refractivity contribution is 5.67. The van der Waals surface area contributed by atoms with Crippen LogP contribution < -0.4 is 0 Å². The summed E-state index contributed by atoms with van der Waals surface area (Å²) in [6.45, 7) is 9.92. The molecule has 0 saturated carbocycles. The highest BCUT2D eigenvalue weighted by atomic mass is 16.6. The van der Waals surface area contributed by atoms with E-state index in [1.807, 2.05) is 6.92 Å². The molecular formula is C12H25NO2. The zero-order valence-corrected chi connectivity index (χ0v) is 10.8. The van der Waals surface area contributed by atoms with Crippen molar-refractivity contribution in [2.45, 2.75) is 47.0 Å². The molecule has 0 radical (unpaired) electrons. The second-order valence-corrected chi connectivity index (χ2v) is 5.20. The summed E-state index contributed by atoms with van der Waals surface area (Å²) in [6, 6.07) is 0. The van der Waals surface area contributed by atoms with Gasteiger partial charge in [-0.15, -0.1) is 0 Å². The molecule has 1 amide bonds. The van der Waals surface area contributed by atoms with Crippen molar-refractivity contribution >= 4 is 6.09 Å². The Morgan fingerprint density at radius 3 is 2.40 bits per heavy atom. The summed E-state index contributed by atoms with van der Waals surface area (Å²) in [4.78, 5) is 13.0. The number of hydrogen-bond acceptors (Lipinski definition) is 2. The Kier molecular flexibility index (Phi) is 6.37. The Morgan fingerprint density at radius 2 is 1.93 bits per heavy atom. The zero-order chi connectivity index (χ0) is 11.9. The van der Waals surface area contributed by atoms with E-state index in [-0.39, 0.29) is 6.09 Å². The summed E-state index contributed by atoms with van der Waals surface area (Å²) in [7, 11) is 1.77. The molecule has 0 unspecified atom stereocenters. The van der Waals surface area contributed by atoms with Gasteiger partial charge in [0.2, 0.25) is 0 Å². The van der Waals surface area contributed by atoms with Crippen LogP contribution in [0.5, 0.6) is 0 Å². The quantitative estimate of drug-likeness (QED) is 0.659. The lowest BCUT2D eigenvalue weighted by Gasteiger charge is -2.19. The lowest BCUT2D eigenvalue weighted by molar-refractivity contribution is 0.106. The van der Waals surface area contributed by atoms with Crippen LogP contribution in [0.25, 0.3) is 0 Å². The van der Waals surface area contributed by atoms with Gasteiger partial charge >= 0.3 is 6.09 Å². The molecular weight excluding hydrogens is 190 g/mol. The van der Waals surface area contributed by atoms with Gasteiger partial charge in [-0.1, -0.05) is 27.7 Å². The number of rotatable bonds is 5. The molecule has 0 atom stereocenters. The van der Waals surface area contributed by atoms with Gasteiger partial charge in [0, 0.05) is 13.6 Å². The van der Waals surface area contributed by atoms with E-state index in [1.54, 1.807) is 11.9 Å². The maximum atomic E-state index is 11.4. The van der Waals surface area contributed by atoms with Crippen molar-refractivity contribution in [3.63, 3.8) is 0 Å². The molecule has 0 fully saturated rings. The number of nitrogens with zero attached hydrogens (tertiary/aromatic N) is 1. The van der Waals surface area contributed by atoms with Crippen LogP contribution in [0.15, 0.2) is 0 Å². The van der Waals surface area contributed by atoms with E-state index in [1.165, 1.54) is 0 Å². The standard InChI is InChI=1S/C12H25NO2/c1-6-9-13(5)11(14)15-10-7-8-12(2,3)4/h6-10H2,1-5H3. The molecule has 0 N–H and O–H groups in total. The zero-order valence-electron chi connectivity index (χ0n) is 10.8. The van der Waals surface area contributed by atoms with E-state index < -0.39 is 0 Å². The summed E-state index contributed by atoms with van der Waals surface area (Å²) >= 11 is 0. The Balaban J connectivity index is 3.55. The molecule has 0 aromatic heterocycles. The van der Waals surface area contributed by atoms with E-state index in [0.717, 1.165) is 25.8 Å². The Bertz CT molecular complexity index is 185. The predicted octanol–water partition coefficient (Wildman–Crippen LogP) is 3.29. The first kappa shape index (κ1) is 14.3. The van der Waals surface area contributed by atoms with Crippen molar-refractivity contribution in [3.05, 3.63) is 0 Å². The van der Waals surface area contributed by atoms with Gasteiger partial charge in [-0.25, -0.2) is 4.79 Å².